The summed E-state index contributed by atoms with van der Waals surface area (Å²) in [6.07, 6.45) is 3.09. The molecule has 2 aromatic heterocycles. The van der Waals surface area contributed by atoms with Gasteiger partial charge in [0.15, 0.2) is 0 Å². The first-order chi connectivity index (χ1) is 11.7. The molecular weight excluding hydrogens is 340 g/mol. The molecule has 5 nitrogen and oxygen atoms in total. The molecular formula is C17H18N4OS2. The van der Waals surface area contributed by atoms with Gasteiger partial charge in [-0.2, -0.15) is 0 Å². The lowest BCUT2D eigenvalue weighted by atomic mass is 10.2. The van der Waals surface area contributed by atoms with Crippen molar-refractivity contribution in [3.8, 4) is 10.6 Å². The minimum absolute atomic E-state index is 0.247. The highest BCUT2D eigenvalue weighted by Gasteiger charge is 2.14. The number of thiazole rings is 1. The Morgan fingerprint density at radius 2 is 2.00 bits per heavy atom. The second-order valence-electron chi connectivity index (χ2n) is 5.46. The van der Waals surface area contributed by atoms with Gasteiger partial charge in [-0.25, -0.2) is 4.98 Å². The molecule has 0 aliphatic rings. The first-order valence-corrected chi connectivity index (χ1v) is 9.51. The van der Waals surface area contributed by atoms with E-state index in [1.807, 2.05) is 31.2 Å². The third-order valence-electron chi connectivity index (χ3n) is 3.47. The Balaban J connectivity index is 1.67. The van der Waals surface area contributed by atoms with Gasteiger partial charge in [0.1, 0.15) is 15.7 Å². The summed E-state index contributed by atoms with van der Waals surface area (Å²) in [5.41, 5.74) is 2.62. The SMILES string of the molecule is CCCCc1nnc(NC(=O)c2csc(-c3ccc(C)cc3)n2)s1. The maximum absolute atomic E-state index is 12.3. The number of hydrogen-bond donors (Lipinski definition) is 1. The number of unbranched alkanes of at least 4 members (excludes halogenated alkanes) is 1. The first-order valence-electron chi connectivity index (χ1n) is 7.82. The normalized spacial score (nSPS) is 10.8. The van der Waals surface area contributed by atoms with Crippen LogP contribution in [0.3, 0.4) is 0 Å². The van der Waals surface area contributed by atoms with E-state index in [0.717, 1.165) is 34.8 Å². The quantitative estimate of drug-likeness (QED) is 0.701. The van der Waals surface area contributed by atoms with Crippen LogP contribution in [0.25, 0.3) is 10.6 Å². The topological polar surface area (TPSA) is 67.8 Å². The second-order valence-corrected chi connectivity index (χ2v) is 7.38. The molecule has 124 valence electrons. The number of benzene rings is 1. The van der Waals surface area contributed by atoms with E-state index in [4.69, 9.17) is 0 Å². The molecule has 0 fully saturated rings. The highest BCUT2D eigenvalue weighted by Crippen LogP contribution is 2.25. The molecule has 2 heterocycles. The standard InChI is InChI=1S/C17H18N4OS2/c1-3-4-5-14-20-21-17(24-14)19-15(22)13-10-23-16(18-13)12-8-6-11(2)7-9-12/h6-10H,3-5H2,1-2H3,(H,19,21,22). The largest absolute Gasteiger partial charge is 0.295 e. The van der Waals surface area contributed by atoms with Crippen molar-refractivity contribution in [3.05, 3.63) is 45.9 Å². The van der Waals surface area contributed by atoms with Crippen molar-refractivity contribution >= 4 is 33.7 Å². The van der Waals surface area contributed by atoms with Crippen LogP contribution in [-0.4, -0.2) is 21.1 Å². The van der Waals surface area contributed by atoms with Crippen molar-refractivity contribution in [2.75, 3.05) is 5.32 Å². The molecule has 0 unspecified atom stereocenters. The molecule has 1 amide bonds. The molecule has 0 saturated carbocycles. The number of carbonyl (C=O) groups is 1. The zero-order chi connectivity index (χ0) is 16.9. The number of aromatic nitrogens is 3. The number of aryl methyl sites for hydroxylation is 2. The Labute approximate surface area is 148 Å². The molecule has 0 aliphatic carbocycles. The Hall–Kier alpha value is -2.12. The van der Waals surface area contributed by atoms with Crippen molar-refractivity contribution in [1.29, 1.82) is 0 Å². The van der Waals surface area contributed by atoms with Crippen LogP contribution < -0.4 is 5.32 Å². The van der Waals surface area contributed by atoms with E-state index >= 15 is 0 Å². The van der Waals surface area contributed by atoms with Crippen LogP contribution in [0.5, 0.6) is 0 Å². The third-order valence-corrected chi connectivity index (χ3v) is 5.26. The summed E-state index contributed by atoms with van der Waals surface area (Å²) in [5.74, 6) is -0.247. The number of amides is 1. The van der Waals surface area contributed by atoms with Crippen LogP contribution in [0.4, 0.5) is 5.13 Å². The van der Waals surface area contributed by atoms with E-state index < -0.39 is 0 Å². The number of hydrogen-bond acceptors (Lipinski definition) is 6. The molecule has 3 rings (SSSR count). The highest BCUT2D eigenvalue weighted by molar-refractivity contribution is 7.15. The van der Waals surface area contributed by atoms with Gasteiger partial charge in [-0.1, -0.05) is 54.5 Å². The lowest BCUT2D eigenvalue weighted by molar-refractivity contribution is 0.102. The minimum Gasteiger partial charge on any atom is -0.295 e. The lowest BCUT2D eigenvalue weighted by Gasteiger charge is -1.98. The third kappa shape index (κ3) is 4.04. The van der Waals surface area contributed by atoms with E-state index in [2.05, 4.69) is 27.4 Å². The van der Waals surface area contributed by atoms with E-state index in [-0.39, 0.29) is 5.91 Å². The molecule has 1 aromatic carbocycles. The van der Waals surface area contributed by atoms with Gasteiger partial charge in [0.2, 0.25) is 5.13 Å². The Morgan fingerprint density at radius 1 is 1.21 bits per heavy atom. The number of nitrogens with zero attached hydrogens (tertiary/aromatic N) is 3. The Morgan fingerprint density at radius 3 is 2.75 bits per heavy atom. The van der Waals surface area contributed by atoms with Crippen LogP contribution in [0.2, 0.25) is 0 Å². The van der Waals surface area contributed by atoms with Gasteiger partial charge in [-0.3, -0.25) is 10.1 Å². The van der Waals surface area contributed by atoms with Crippen molar-refractivity contribution in [1.82, 2.24) is 15.2 Å². The van der Waals surface area contributed by atoms with Crippen molar-refractivity contribution < 1.29 is 4.79 Å². The summed E-state index contributed by atoms with van der Waals surface area (Å²) in [6, 6.07) is 8.10. The summed E-state index contributed by atoms with van der Waals surface area (Å²) < 4.78 is 0. The monoisotopic (exact) mass is 358 g/mol. The fraction of sp³-hybridized carbons (Fsp3) is 0.294. The van der Waals surface area contributed by atoms with Gasteiger partial charge in [-0.15, -0.1) is 21.5 Å². The number of anilines is 1. The summed E-state index contributed by atoms with van der Waals surface area (Å²) in [7, 11) is 0. The van der Waals surface area contributed by atoms with Crippen LogP contribution in [0, 0.1) is 6.92 Å². The highest BCUT2D eigenvalue weighted by atomic mass is 32.1. The van der Waals surface area contributed by atoms with Crippen LogP contribution in [-0.2, 0) is 6.42 Å². The lowest BCUT2D eigenvalue weighted by Crippen LogP contribution is -2.12. The predicted octanol–water partition coefficient (Wildman–Crippen LogP) is 4.56. The molecule has 0 atom stereocenters. The maximum Gasteiger partial charge on any atom is 0.276 e. The van der Waals surface area contributed by atoms with Gasteiger partial charge in [0.25, 0.3) is 5.91 Å². The zero-order valence-electron chi connectivity index (χ0n) is 13.6. The molecule has 0 saturated heterocycles. The zero-order valence-corrected chi connectivity index (χ0v) is 15.2. The van der Waals surface area contributed by atoms with Crippen LogP contribution in [0.15, 0.2) is 29.6 Å². The minimum atomic E-state index is -0.247. The molecule has 3 aromatic rings. The maximum atomic E-state index is 12.3. The molecule has 0 radical (unpaired) electrons. The van der Waals surface area contributed by atoms with Crippen molar-refractivity contribution in [3.63, 3.8) is 0 Å². The molecule has 24 heavy (non-hydrogen) atoms. The van der Waals surface area contributed by atoms with E-state index in [1.54, 1.807) is 5.38 Å². The molecule has 7 heteroatoms. The Bertz CT molecular complexity index is 823. The van der Waals surface area contributed by atoms with E-state index in [0.29, 0.717) is 10.8 Å². The first kappa shape index (κ1) is 16.7. The molecule has 0 spiro atoms. The fourth-order valence-corrected chi connectivity index (χ4v) is 3.68. The van der Waals surface area contributed by atoms with E-state index in [9.17, 15) is 4.79 Å². The predicted molar refractivity (Wildman–Crippen MR) is 98.8 cm³/mol. The second kappa shape index (κ2) is 7.63. The summed E-state index contributed by atoms with van der Waals surface area (Å²) in [6.45, 7) is 4.18. The van der Waals surface area contributed by atoms with Crippen LogP contribution in [0.1, 0.15) is 40.8 Å². The van der Waals surface area contributed by atoms with Crippen molar-refractivity contribution in [2.24, 2.45) is 0 Å². The average molecular weight is 358 g/mol. The molecule has 0 bridgehead atoms. The summed E-state index contributed by atoms with van der Waals surface area (Å²) in [5, 5.41) is 15.0. The molecule has 0 aliphatic heterocycles. The van der Waals surface area contributed by atoms with Gasteiger partial charge in [-0.05, 0) is 13.3 Å². The molecule has 1 N–H and O–H groups in total. The van der Waals surface area contributed by atoms with Gasteiger partial charge >= 0.3 is 0 Å². The van der Waals surface area contributed by atoms with Crippen LogP contribution >= 0.6 is 22.7 Å². The van der Waals surface area contributed by atoms with Gasteiger partial charge < -0.3 is 0 Å². The summed E-state index contributed by atoms with van der Waals surface area (Å²) >= 11 is 2.88. The van der Waals surface area contributed by atoms with Gasteiger partial charge in [0.05, 0.1) is 0 Å². The van der Waals surface area contributed by atoms with Gasteiger partial charge in [0, 0.05) is 17.4 Å². The van der Waals surface area contributed by atoms with Crippen molar-refractivity contribution in [2.45, 2.75) is 33.1 Å². The summed E-state index contributed by atoms with van der Waals surface area (Å²) in [4.78, 5) is 16.7. The smallest absolute Gasteiger partial charge is 0.276 e. The number of carbonyl (C=O) groups excluding carboxylic acids is 1. The number of rotatable bonds is 6. The average Bonchev–Trinajstić information content (AvgIpc) is 3.23. The Kier molecular flexibility index (Phi) is 5.32. The number of nitrogens with one attached hydrogen (secondary N) is 1. The fourth-order valence-electron chi connectivity index (χ4n) is 2.10. The van der Waals surface area contributed by atoms with E-state index in [1.165, 1.54) is 28.2 Å².